The van der Waals surface area contributed by atoms with Crippen LogP contribution in [0.5, 0.6) is 0 Å². The van der Waals surface area contributed by atoms with Crippen LogP contribution in [0.25, 0.3) is 22.0 Å². The molecule has 0 saturated carbocycles. The molecule has 0 fully saturated rings. The minimum Gasteiger partial charge on any atom is -0.256 e. The van der Waals surface area contributed by atoms with Gasteiger partial charge in [0.05, 0.1) is 5.69 Å². The second-order valence-electron chi connectivity index (χ2n) is 10.7. The van der Waals surface area contributed by atoms with Gasteiger partial charge in [-0.15, -0.1) is 0 Å². The lowest BCUT2D eigenvalue weighted by atomic mass is 9.82. The fourth-order valence-electron chi connectivity index (χ4n) is 5.04. The van der Waals surface area contributed by atoms with Crippen molar-refractivity contribution in [1.29, 1.82) is 0 Å². The van der Waals surface area contributed by atoms with Crippen LogP contribution in [0.2, 0.25) is 12.6 Å². The summed E-state index contributed by atoms with van der Waals surface area (Å²) in [5.41, 5.74) is 3.74. The number of fused-ring (bicyclic) bond motifs is 1. The Labute approximate surface area is 194 Å². The third kappa shape index (κ3) is 4.42. The molecule has 1 atom stereocenters. The first-order valence-corrected chi connectivity index (χ1v) is 14.4. The first-order chi connectivity index (χ1) is 15.2. The highest BCUT2D eigenvalue weighted by Crippen LogP contribution is 2.34. The summed E-state index contributed by atoms with van der Waals surface area (Å²) in [6.45, 7) is 14.1. The molecule has 2 heteroatoms. The van der Waals surface area contributed by atoms with E-state index in [1.54, 1.807) is 0 Å². The van der Waals surface area contributed by atoms with Crippen LogP contribution in [0, 0.1) is 5.92 Å². The van der Waals surface area contributed by atoms with Gasteiger partial charge in [-0.1, -0.05) is 106 Å². The van der Waals surface area contributed by atoms with Crippen LogP contribution in [0.1, 0.15) is 40.2 Å². The highest BCUT2D eigenvalue weighted by Gasteiger charge is 2.33. The highest BCUT2D eigenvalue weighted by molar-refractivity contribution is 7.01. The molecule has 0 N–H and O–H groups in total. The summed E-state index contributed by atoms with van der Waals surface area (Å²) in [4.78, 5) is 4.85. The van der Waals surface area contributed by atoms with Gasteiger partial charge in [-0.3, -0.25) is 4.98 Å². The summed E-state index contributed by atoms with van der Waals surface area (Å²) in [7, 11) is -1.87. The zero-order chi connectivity index (χ0) is 22.9. The van der Waals surface area contributed by atoms with E-state index in [2.05, 4.69) is 120 Å². The summed E-state index contributed by atoms with van der Waals surface area (Å²) >= 11 is 0. The molecule has 0 amide bonds. The monoisotopic (exact) mass is 437 g/mol. The van der Waals surface area contributed by atoms with Gasteiger partial charge in [-0.2, -0.15) is 0 Å². The Morgan fingerprint density at radius 3 is 2.19 bits per heavy atom. The third-order valence-electron chi connectivity index (χ3n) is 6.59. The van der Waals surface area contributed by atoms with E-state index < -0.39 is 8.07 Å². The predicted octanol–water partition coefficient (Wildman–Crippen LogP) is 7.05. The van der Waals surface area contributed by atoms with Crippen LogP contribution in [0.15, 0.2) is 85.1 Å². The molecular weight excluding hydrogens is 402 g/mol. The van der Waals surface area contributed by atoms with Crippen molar-refractivity contribution < 1.29 is 0 Å². The van der Waals surface area contributed by atoms with E-state index in [1.165, 1.54) is 38.3 Å². The molecule has 32 heavy (non-hydrogen) atoms. The quantitative estimate of drug-likeness (QED) is 0.305. The van der Waals surface area contributed by atoms with E-state index in [4.69, 9.17) is 4.98 Å². The zero-order valence-electron chi connectivity index (χ0n) is 20.3. The van der Waals surface area contributed by atoms with E-state index in [-0.39, 0.29) is 5.41 Å². The maximum atomic E-state index is 4.85. The van der Waals surface area contributed by atoms with Gasteiger partial charge in [0, 0.05) is 11.8 Å². The number of hydrogen-bond acceptors (Lipinski definition) is 1. The van der Waals surface area contributed by atoms with Gasteiger partial charge in [0.25, 0.3) is 0 Å². The topological polar surface area (TPSA) is 12.9 Å². The van der Waals surface area contributed by atoms with Crippen molar-refractivity contribution in [3.8, 4) is 11.3 Å². The molecule has 1 nitrogen and oxygen atoms in total. The molecule has 1 unspecified atom stereocenters. The summed E-state index contributed by atoms with van der Waals surface area (Å²) < 4.78 is 0. The van der Waals surface area contributed by atoms with Crippen LogP contribution in [-0.4, -0.2) is 13.1 Å². The SMILES string of the molecule is CC(C)C[Si](C)(c1ccccc1)c1ccnc(-c2cc(C(C)(C)C)c3ccccc3c2)c1. The molecule has 0 aliphatic rings. The molecule has 1 heterocycles. The molecule has 0 aliphatic heterocycles. The Kier molecular flexibility index (Phi) is 6.09. The molecule has 0 aliphatic carbocycles. The largest absolute Gasteiger partial charge is 0.256 e. The number of benzene rings is 3. The Morgan fingerprint density at radius 1 is 0.812 bits per heavy atom. The van der Waals surface area contributed by atoms with Crippen LogP contribution >= 0.6 is 0 Å². The lowest BCUT2D eigenvalue weighted by Gasteiger charge is -2.31. The van der Waals surface area contributed by atoms with Crippen LogP contribution < -0.4 is 10.4 Å². The Balaban J connectivity index is 1.88. The van der Waals surface area contributed by atoms with Crippen molar-refractivity contribution in [2.24, 2.45) is 5.92 Å². The summed E-state index contributed by atoms with van der Waals surface area (Å²) in [6, 6.07) is 30.4. The number of rotatable bonds is 5. The smallest absolute Gasteiger partial charge is 0.115 e. The minimum absolute atomic E-state index is 0.0676. The lowest BCUT2D eigenvalue weighted by Crippen LogP contribution is -2.56. The maximum absolute atomic E-state index is 4.85. The van der Waals surface area contributed by atoms with Crippen molar-refractivity contribution >= 4 is 29.2 Å². The molecule has 3 aromatic carbocycles. The van der Waals surface area contributed by atoms with Crippen LogP contribution in [0.3, 0.4) is 0 Å². The summed E-state index contributed by atoms with van der Waals surface area (Å²) in [6.07, 6.45) is 2.02. The maximum Gasteiger partial charge on any atom is 0.115 e. The average Bonchev–Trinajstić information content (AvgIpc) is 2.78. The predicted molar refractivity (Wildman–Crippen MR) is 143 cm³/mol. The second-order valence-corrected chi connectivity index (χ2v) is 14.9. The standard InChI is InChI=1S/C30H35NSi/c1-22(2)21-32(6,25-13-8-7-9-14-25)26-16-17-31-29(20-26)24-18-23-12-10-11-15-27(23)28(19-24)30(3,4)5/h7-20,22H,21H2,1-6H3. The van der Waals surface area contributed by atoms with Gasteiger partial charge < -0.3 is 0 Å². The summed E-state index contributed by atoms with van der Waals surface area (Å²) in [5, 5.41) is 5.59. The molecule has 0 bridgehead atoms. The highest BCUT2D eigenvalue weighted by atomic mass is 28.3. The van der Waals surface area contributed by atoms with E-state index in [0.29, 0.717) is 5.92 Å². The van der Waals surface area contributed by atoms with E-state index >= 15 is 0 Å². The lowest BCUT2D eigenvalue weighted by molar-refractivity contribution is 0.596. The number of aromatic nitrogens is 1. The fraction of sp³-hybridized carbons (Fsp3) is 0.300. The molecule has 0 radical (unpaired) electrons. The molecule has 4 aromatic rings. The van der Waals surface area contributed by atoms with Crippen LogP contribution in [0.4, 0.5) is 0 Å². The first-order valence-electron chi connectivity index (χ1n) is 11.7. The Morgan fingerprint density at radius 2 is 1.50 bits per heavy atom. The first kappa shape index (κ1) is 22.5. The van der Waals surface area contributed by atoms with Crippen molar-refractivity contribution in [2.45, 2.75) is 52.6 Å². The molecule has 164 valence electrons. The van der Waals surface area contributed by atoms with Gasteiger partial charge >= 0.3 is 0 Å². The number of hydrogen-bond donors (Lipinski definition) is 0. The van der Waals surface area contributed by atoms with Crippen molar-refractivity contribution in [2.75, 3.05) is 0 Å². The Hall–Kier alpha value is -2.71. The average molecular weight is 438 g/mol. The molecular formula is C30H35NSi. The minimum atomic E-state index is -1.87. The molecule has 1 aromatic heterocycles. The number of pyridine rings is 1. The van der Waals surface area contributed by atoms with Gasteiger partial charge in [0.1, 0.15) is 8.07 Å². The van der Waals surface area contributed by atoms with Crippen LogP contribution in [-0.2, 0) is 5.41 Å². The fourth-order valence-corrected chi connectivity index (χ4v) is 9.30. The van der Waals surface area contributed by atoms with E-state index in [1.807, 2.05) is 6.20 Å². The molecule has 0 saturated heterocycles. The van der Waals surface area contributed by atoms with Crippen molar-refractivity contribution in [3.05, 3.63) is 90.6 Å². The second kappa shape index (κ2) is 8.67. The molecule has 4 rings (SSSR count). The summed E-state index contributed by atoms with van der Waals surface area (Å²) in [5.74, 6) is 0.650. The van der Waals surface area contributed by atoms with Crippen molar-refractivity contribution in [3.63, 3.8) is 0 Å². The normalized spacial score (nSPS) is 14.0. The third-order valence-corrected chi connectivity index (χ3v) is 11.4. The van der Waals surface area contributed by atoms with E-state index in [0.717, 1.165) is 5.69 Å². The van der Waals surface area contributed by atoms with Gasteiger partial charge in [0.15, 0.2) is 0 Å². The number of nitrogens with zero attached hydrogens (tertiary/aromatic N) is 1. The zero-order valence-corrected chi connectivity index (χ0v) is 21.3. The van der Waals surface area contributed by atoms with E-state index in [9.17, 15) is 0 Å². The van der Waals surface area contributed by atoms with Crippen molar-refractivity contribution in [1.82, 2.24) is 4.98 Å². The Bertz CT molecular complexity index is 1220. The van der Waals surface area contributed by atoms with Gasteiger partial charge in [-0.25, -0.2) is 0 Å². The van der Waals surface area contributed by atoms with Gasteiger partial charge in [0.2, 0.25) is 0 Å². The molecule has 0 spiro atoms. The van der Waals surface area contributed by atoms with Gasteiger partial charge in [-0.05, 0) is 58.0 Å².